The van der Waals surface area contributed by atoms with Gasteiger partial charge in [0.05, 0.1) is 12.5 Å². The first kappa shape index (κ1) is 18.8. The number of thiophene rings is 1. The van der Waals surface area contributed by atoms with Crippen molar-refractivity contribution >= 4 is 27.4 Å². The molecule has 3 aromatic rings. The van der Waals surface area contributed by atoms with Crippen molar-refractivity contribution in [2.45, 2.75) is 38.6 Å². The fraction of sp³-hybridized carbons (Fsp3) is 0.478. The van der Waals surface area contributed by atoms with Gasteiger partial charge in [-0.2, -0.15) is 0 Å². The number of nitrogens with zero attached hydrogens (tertiary/aromatic N) is 4. The van der Waals surface area contributed by atoms with E-state index >= 15 is 0 Å². The molecule has 0 bridgehead atoms. The van der Waals surface area contributed by atoms with Crippen LogP contribution < -0.4 is 9.64 Å². The molecule has 0 saturated carbocycles. The van der Waals surface area contributed by atoms with Gasteiger partial charge in [0.1, 0.15) is 22.7 Å². The lowest BCUT2D eigenvalue weighted by Gasteiger charge is -2.24. The van der Waals surface area contributed by atoms with E-state index in [9.17, 15) is 0 Å². The minimum Gasteiger partial charge on any atom is -0.497 e. The second kappa shape index (κ2) is 8.28. The highest BCUT2D eigenvalue weighted by Gasteiger charge is 2.24. The van der Waals surface area contributed by atoms with Crippen LogP contribution >= 0.6 is 11.3 Å². The number of ether oxygens (including phenoxy) is 1. The summed E-state index contributed by atoms with van der Waals surface area (Å²) in [6, 6.07) is 8.45. The van der Waals surface area contributed by atoms with Gasteiger partial charge in [0.15, 0.2) is 0 Å². The van der Waals surface area contributed by atoms with E-state index in [2.05, 4.69) is 39.0 Å². The molecule has 6 heteroatoms. The minimum absolute atomic E-state index is 0.919. The summed E-state index contributed by atoms with van der Waals surface area (Å²) in [7, 11) is 1.72. The van der Waals surface area contributed by atoms with Gasteiger partial charge in [-0.25, -0.2) is 9.97 Å². The number of rotatable bonds is 4. The molecule has 1 aliphatic heterocycles. The Morgan fingerprint density at radius 2 is 1.83 bits per heavy atom. The topological polar surface area (TPSA) is 41.5 Å². The summed E-state index contributed by atoms with van der Waals surface area (Å²) in [5.41, 5.74) is 2.88. The van der Waals surface area contributed by atoms with Crippen molar-refractivity contribution in [2.24, 2.45) is 0 Å². The van der Waals surface area contributed by atoms with Gasteiger partial charge in [0, 0.05) is 37.6 Å². The normalized spacial score (nSPS) is 17.9. The lowest BCUT2D eigenvalue weighted by atomic mass is 9.97. The highest BCUT2D eigenvalue weighted by Crippen LogP contribution is 2.39. The molecule has 5 rings (SSSR count). The number of aryl methyl sites for hydroxylation is 2. The zero-order valence-electron chi connectivity index (χ0n) is 17.1. The van der Waals surface area contributed by atoms with Crippen LogP contribution in [0.1, 0.15) is 35.3 Å². The number of anilines is 1. The standard InChI is InChI=1S/C23H28N4OS/c1-28-18-9-7-17(8-10-18)15-26-11-4-12-27(14-13-26)22-21-19-5-2-3-6-20(19)29-23(21)25-16-24-22/h7-10,16H,2-6,11-15H2,1H3. The number of methoxy groups -OCH3 is 1. The van der Waals surface area contributed by atoms with E-state index in [0.717, 1.165) is 44.9 Å². The Labute approximate surface area is 176 Å². The van der Waals surface area contributed by atoms with Crippen LogP contribution in [-0.2, 0) is 19.4 Å². The molecule has 1 fully saturated rings. The van der Waals surface area contributed by atoms with Crippen LogP contribution in [0.4, 0.5) is 5.82 Å². The highest BCUT2D eigenvalue weighted by atomic mass is 32.1. The number of hydrogen-bond acceptors (Lipinski definition) is 6. The Hall–Kier alpha value is -2.18. The first-order chi connectivity index (χ1) is 14.3. The van der Waals surface area contributed by atoms with Crippen molar-refractivity contribution in [3.63, 3.8) is 0 Å². The monoisotopic (exact) mass is 408 g/mol. The summed E-state index contributed by atoms with van der Waals surface area (Å²) in [5, 5.41) is 1.34. The number of hydrogen-bond donors (Lipinski definition) is 0. The molecule has 5 nitrogen and oxygen atoms in total. The molecular weight excluding hydrogens is 380 g/mol. The van der Waals surface area contributed by atoms with Crippen LogP contribution in [0.3, 0.4) is 0 Å². The van der Waals surface area contributed by atoms with Crippen molar-refractivity contribution in [3.05, 3.63) is 46.6 Å². The summed E-state index contributed by atoms with van der Waals surface area (Å²) in [6.45, 7) is 5.26. The Morgan fingerprint density at radius 1 is 0.966 bits per heavy atom. The first-order valence-corrected chi connectivity index (χ1v) is 11.5. The SMILES string of the molecule is COc1ccc(CN2CCCN(c3ncnc4sc5c(c34)CCCC5)CC2)cc1. The van der Waals surface area contributed by atoms with E-state index in [0.29, 0.717) is 0 Å². The third kappa shape index (κ3) is 3.83. The highest BCUT2D eigenvalue weighted by molar-refractivity contribution is 7.19. The van der Waals surface area contributed by atoms with E-state index in [1.807, 2.05) is 11.3 Å². The molecule has 2 aliphatic rings. The van der Waals surface area contributed by atoms with Crippen LogP contribution in [0, 0.1) is 0 Å². The Morgan fingerprint density at radius 3 is 2.69 bits per heavy atom. The maximum atomic E-state index is 5.28. The van der Waals surface area contributed by atoms with Crippen LogP contribution in [0.25, 0.3) is 10.2 Å². The average Bonchev–Trinajstić information content (AvgIpc) is 2.99. The Bertz CT molecular complexity index is 984. The molecule has 0 spiro atoms. The second-order valence-corrected chi connectivity index (χ2v) is 9.14. The molecule has 2 aromatic heterocycles. The predicted molar refractivity (Wildman–Crippen MR) is 119 cm³/mol. The maximum Gasteiger partial charge on any atom is 0.141 e. The molecule has 1 aromatic carbocycles. The van der Waals surface area contributed by atoms with Crippen LogP contribution in [-0.4, -0.2) is 48.2 Å². The molecule has 1 aliphatic carbocycles. The number of fused-ring (bicyclic) bond motifs is 3. The molecular formula is C23H28N4OS. The number of aromatic nitrogens is 2. The van der Waals surface area contributed by atoms with E-state index in [-0.39, 0.29) is 0 Å². The van der Waals surface area contributed by atoms with Crippen molar-refractivity contribution in [1.29, 1.82) is 0 Å². The lowest BCUT2D eigenvalue weighted by molar-refractivity contribution is 0.285. The average molecular weight is 409 g/mol. The molecule has 0 unspecified atom stereocenters. The number of benzene rings is 1. The van der Waals surface area contributed by atoms with Crippen molar-refractivity contribution < 1.29 is 4.74 Å². The van der Waals surface area contributed by atoms with Gasteiger partial charge in [-0.15, -0.1) is 11.3 Å². The summed E-state index contributed by atoms with van der Waals surface area (Å²) in [6.07, 6.45) is 7.93. The molecule has 29 heavy (non-hydrogen) atoms. The van der Waals surface area contributed by atoms with Crippen LogP contribution in [0.2, 0.25) is 0 Å². The van der Waals surface area contributed by atoms with Gasteiger partial charge in [-0.05, 0) is 55.4 Å². The summed E-state index contributed by atoms with van der Waals surface area (Å²) in [4.78, 5) is 17.2. The second-order valence-electron chi connectivity index (χ2n) is 8.05. The van der Waals surface area contributed by atoms with Crippen molar-refractivity contribution in [2.75, 3.05) is 38.2 Å². The van der Waals surface area contributed by atoms with Crippen molar-refractivity contribution in [1.82, 2.24) is 14.9 Å². The van der Waals surface area contributed by atoms with E-state index in [4.69, 9.17) is 9.72 Å². The molecule has 0 atom stereocenters. The predicted octanol–water partition coefficient (Wildman–Crippen LogP) is 4.29. The Kier molecular flexibility index (Phi) is 5.38. The molecule has 0 N–H and O–H groups in total. The van der Waals surface area contributed by atoms with Crippen molar-refractivity contribution in [3.8, 4) is 5.75 Å². The summed E-state index contributed by atoms with van der Waals surface area (Å²) < 4.78 is 5.28. The summed E-state index contributed by atoms with van der Waals surface area (Å²) in [5.74, 6) is 2.09. The van der Waals surface area contributed by atoms with E-state index in [1.165, 1.54) is 52.8 Å². The maximum absolute atomic E-state index is 5.28. The van der Waals surface area contributed by atoms with E-state index in [1.54, 1.807) is 18.3 Å². The van der Waals surface area contributed by atoms with Gasteiger partial charge >= 0.3 is 0 Å². The van der Waals surface area contributed by atoms with Gasteiger partial charge < -0.3 is 9.64 Å². The minimum atomic E-state index is 0.919. The first-order valence-electron chi connectivity index (χ1n) is 10.7. The fourth-order valence-electron chi connectivity index (χ4n) is 4.64. The fourth-order valence-corrected chi connectivity index (χ4v) is 5.87. The molecule has 1 saturated heterocycles. The quantitative estimate of drug-likeness (QED) is 0.644. The van der Waals surface area contributed by atoms with Gasteiger partial charge in [-0.3, -0.25) is 4.90 Å². The molecule has 0 radical (unpaired) electrons. The largest absolute Gasteiger partial charge is 0.497 e. The Balaban J connectivity index is 1.33. The zero-order chi connectivity index (χ0) is 19.6. The van der Waals surface area contributed by atoms with Crippen LogP contribution in [0.5, 0.6) is 5.75 Å². The molecule has 0 amide bonds. The smallest absolute Gasteiger partial charge is 0.141 e. The van der Waals surface area contributed by atoms with Crippen LogP contribution in [0.15, 0.2) is 30.6 Å². The lowest BCUT2D eigenvalue weighted by Crippen LogP contribution is -2.31. The summed E-state index contributed by atoms with van der Waals surface area (Å²) >= 11 is 1.89. The van der Waals surface area contributed by atoms with E-state index < -0.39 is 0 Å². The van der Waals surface area contributed by atoms with Gasteiger partial charge in [0.25, 0.3) is 0 Å². The van der Waals surface area contributed by atoms with Gasteiger partial charge in [-0.1, -0.05) is 12.1 Å². The zero-order valence-corrected chi connectivity index (χ0v) is 17.9. The molecule has 3 heterocycles. The van der Waals surface area contributed by atoms with Gasteiger partial charge in [0.2, 0.25) is 0 Å². The molecule has 152 valence electrons. The third-order valence-corrected chi connectivity index (χ3v) is 7.38. The third-order valence-electron chi connectivity index (χ3n) is 6.18.